The third kappa shape index (κ3) is 3.34. The van der Waals surface area contributed by atoms with E-state index in [4.69, 9.17) is 4.74 Å². The molecule has 0 fully saturated rings. The first-order valence-electron chi connectivity index (χ1n) is 7.37. The molecule has 0 aliphatic carbocycles. The van der Waals surface area contributed by atoms with Gasteiger partial charge in [0.15, 0.2) is 0 Å². The molecule has 7 nitrogen and oxygen atoms in total. The molecule has 8 heteroatoms. The summed E-state index contributed by atoms with van der Waals surface area (Å²) in [6, 6.07) is 11.5. The third-order valence-electron chi connectivity index (χ3n) is 3.53. The SMILES string of the molecule is CNC(=O)c1cccc(Oc2ccc3c(c2)S(=O)(=O)NCCN3)c1. The molecule has 24 heavy (non-hydrogen) atoms. The van der Waals surface area contributed by atoms with E-state index >= 15 is 0 Å². The first-order chi connectivity index (χ1) is 11.5. The van der Waals surface area contributed by atoms with Crippen LogP contribution >= 0.6 is 0 Å². The zero-order valence-corrected chi connectivity index (χ0v) is 13.8. The number of anilines is 1. The second kappa shape index (κ2) is 6.50. The second-order valence-corrected chi connectivity index (χ2v) is 6.93. The van der Waals surface area contributed by atoms with Gasteiger partial charge in [-0.15, -0.1) is 0 Å². The van der Waals surface area contributed by atoms with Crippen molar-refractivity contribution in [1.29, 1.82) is 0 Å². The first-order valence-corrected chi connectivity index (χ1v) is 8.85. The largest absolute Gasteiger partial charge is 0.457 e. The molecule has 0 atom stereocenters. The topological polar surface area (TPSA) is 96.5 Å². The molecule has 1 heterocycles. The molecule has 0 saturated heterocycles. The molecule has 0 aromatic heterocycles. The van der Waals surface area contributed by atoms with Crippen LogP contribution in [-0.4, -0.2) is 34.5 Å². The Hall–Kier alpha value is -2.58. The van der Waals surface area contributed by atoms with Crippen molar-refractivity contribution in [1.82, 2.24) is 10.0 Å². The number of carbonyl (C=O) groups is 1. The highest BCUT2D eigenvalue weighted by atomic mass is 32.2. The van der Waals surface area contributed by atoms with E-state index in [1.165, 1.54) is 6.07 Å². The van der Waals surface area contributed by atoms with Crippen LogP contribution in [0.3, 0.4) is 0 Å². The Morgan fingerprint density at radius 3 is 2.71 bits per heavy atom. The highest BCUT2D eigenvalue weighted by Gasteiger charge is 2.22. The summed E-state index contributed by atoms with van der Waals surface area (Å²) in [5, 5.41) is 5.59. The number of hydrogen-bond acceptors (Lipinski definition) is 5. The van der Waals surface area contributed by atoms with Crippen molar-refractivity contribution in [3.63, 3.8) is 0 Å². The average Bonchev–Trinajstić information content (AvgIpc) is 2.73. The number of fused-ring (bicyclic) bond motifs is 1. The van der Waals surface area contributed by atoms with Gasteiger partial charge in [-0.25, -0.2) is 13.1 Å². The molecule has 0 bridgehead atoms. The molecule has 1 amide bonds. The van der Waals surface area contributed by atoms with Gasteiger partial charge >= 0.3 is 0 Å². The number of hydrogen-bond donors (Lipinski definition) is 3. The lowest BCUT2D eigenvalue weighted by Crippen LogP contribution is -2.25. The van der Waals surface area contributed by atoms with E-state index in [-0.39, 0.29) is 10.8 Å². The fourth-order valence-corrected chi connectivity index (χ4v) is 3.60. The maximum absolute atomic E-state index is 12.2. The molecule has 0 unspecified atom stereocenters. The Bertz CT molecular complexity index is 881. The van der Waals surface area contributed by atoms with Gasteiger partial charge < -0.3 is 15.4 Å². The number of benzene rings is 2. The lowest BCUT2D eigenvalue weighted by molar-refractivity contribution is 0.0963. The minimum atomic E-state index is -3.58. The van der Waals surface area contributed by atoms with Crippen LogP contribution in [0.25, 0.3) is 0 Å². The average molecular weight is 347 g/mol. The van der Waals surface area contributed by atoms with Crippen LogP contribution in [0.1, 0.15) is 10.4 Å². The molecule has 0 spiro atoms. The Balaban J connectivity index is 1.92. The molecule has 0 saturated carbocycles. The monoisotopic (exact) mass is 347 g/mol. The fraction of sp³-hybridized carbons (Fsp3) is 0.188. The minimum Gasteiger partial charge on any atom is -0.457 e. The lowest BCUT2D eigenvalue weighted by Gasteiger charge is -2.11. The van der Waals surface area contributed by atoms with Crippen molar-refractivity contribution < 1.29 is 17.9 Å². The van der Waals surface area contributed by atoms with Crippen molar-refractivity contribution in [2.45, 2.75) is 4.90 Å². The minimum absolute atomic E-state index is 0.139. The molecule has 126 valence electrons. The Kier molecular flexibility index (Phi) is 4.41. The van der Waals surface area contributed by atoms with Crippen molar-refractivity contribution in [2.75, 3.05) is 25.5 Å². The van der Waals surface area contributed by atoms with Crippen LogP contribution in [0.4, 0.5) is 5.69 Å². The zero-order chi connectivity index (χ0) is 17.2. The van der Waals surface area contributed by atoms with E-state index < -0.39 is 10.0 Å². The van der Waals surface area contributed by atoms with E-state index in [0.29, 0.717) is 35.8 Å². The highest BCUT2D eigenvalue weighted by molar-refractivity contribution is 7.89. The van der Waals surface area contributed by atoms with Crippen molar-refractivity contribution in [3.05, 3.63) is 48.0 Å². The van der Waals surface area contributed by atoms with Crippen molar-refractivity contribution in [3.8, 4) is 11.5 Å². The van der Waals surface area contributed by atoms with Gasteiger partial charge in [0.25, 0.3) is 5.91 Å². The van der Waals surface area contributed by atoms with Crippen molar-refractivity contribution in [2.24, 2.45) is 0 Å². The predicted molar refractivity (Wildman–Crippen MR) is 90.0 cm³/mol. The molecule has 3 N–H and O–H groups in total. The summed E-state index contributed by atoms with van der Waals surface area (Å²) in [6.07, 6.45) is 0. The van der Waals surface area contributed by atoms with Gasteiger partial charge in [0.2, 0.25) is 10.0 Å². The van der Waals surface area contributed by atoms with Crippen LogP contribution in [-0.2, 0) is 10.0 Å². The molecule has 2 aromatic rings. The second-order valence-electron chi connectivity index (χ2n) is 5.19. The third-order valence-corrected chi connectivity index (χ3v) is 5.04. The molecule has 1 aliphatic heterocycles. The zero-order valence-electron chi connectivity index (χ0n) is 13.0. The summed E-state index contributed by atoms with van der Waals surface area (Å²) in [5.74, 6) is 0.596. The quantitative estimate of drug-likeness (QED) is 0.783. The van der Waals surface area contributed by atoms with E-state index in [2.05, 4.69) is 15.4 Å². The highest BCUT2D eigenvalue weighted by Crippen LogP contribution is 2.30. The summed E-state index contributed by atoms with van der Waals surface area (Å²) in [5.41, 5.74) is 0.993. The van der Waals surface area contributed by atoms with Crippen molar-refractivity contribution >= 4 is 21.6 Å². The van der Waals surface area contributed by atoms with E-state index in [1.54, 1.807) is 43.4 Å². The van der Waals surface area contributed by atoms with E-state index in [9.17, 15) is 13.2 Å². The molecular formula is C16H17N3O4S. The summed E-state index contributed by atoms with van der Waals surface area (Å²) < 4.78 is 32.7. The lowest BCUT2D eigenvalue weighted by atomic mass is 10.2. The van der Waals surface area contributed by atoms with E-state index in [1.807, 2.05) is 0 Å². The summed E-state index contributed by atoms with van der Waals surface area (Å²) in [6.45, 7) is 0.835. The smallest absolute Gasteiger partial charge is 0.251 e. The van der Waals surface area contributed by atoms with E-state index in [0.717, 1.165) is 0 Å². The summed E-state index contributed by atoms with van der Waals surface area (Å²) >= 11 is 0. The predicted octanol–water partition coefficient (Wildman–Crippen LogP) is 1.54. The molecule has 2 aromatic carbocycles. The molecule has 3 rings (SSSR count). The van der Waals surface area contributed by atoms with Crippen LogP contribution < -0.4 is 20.1 Å². The Labute approximate surface area is 140 Å². The van der Waals surface area contributed by atoms with Gasteiger partial charge in [0.1, 0.15) is 16.4 Å². The van der Waals surface area contributed by atoms with Gasteiger partial charge in [-0.05, 0) is 30.3 Å². The van der Waals surface area contributed by atoms with Crippen LogP contribution in [0.2, 0.25) is 0 Å². The number of amides is 1. The molecular weight excluding hydrogens is 330 g/mol. The normalized spacial score (nSPS) is 15.5. The number of rotatable bonds is 3. The Morgan fingerprint density at radius 1 is 1.12 bits per heavy atom. The van der Waals surface area contributed by atoms with Crippen LogP contribution in [0.5, 0.6) is 11.5 Å². The molecule has 1 aliphatic rings. The maximum atomic E-state index is 12.2. The first kappa shape index (κ1) is 16.3. The van der Waals surface area contributed by atoms with Crippen LogP contribution in [0, 0.1) is 0 Å². The standard InChI is InChI=1S/C16H17N3O4S/c1-17-16(20)11-3-2-4-12(9-11)23-13-5-6-14-15(10-13)24(21,22)19-8-7-18-14/h2-6,9-10,18-19H,7-8H2,1H3,(H,17,20). The van der Waals surface area contributed by atoms with Gasteiger partial charge in [0, 0.05) is 31.8 Å². The summed E-state index contributed by atoms with van der Waals surface area (Å²) in [4.78, 5) is 11.8. The number of ether oxygens (including phenoxy) is 1. The van der Waals surface area contributed by atoms with Gasteiger partial charge in [-0.2, -0.15) is 0 Å². The Morgan fingerprint density at radius 2 is 1.92 bits per heavy atom. The number of nitrogens with one attached hydrogen (secondary N) is 3. The fourth-order valence-electron chi connectivity index (χ4n) is 2.38. The van der Waals surface area contributed by atoms with Gasteiger partial charge in [-0.3, -0.25) is 4.79 Å². The van der Waals surface area contributed by atoms with Gasteiger partial charge in [-0.1, -0.05) is 6.07 Å². The maximum Gasteiger partial charge on any atom is 0.251 e. The van der Waals surface area contributed by atoms with Gasteiger partial charge in [0.05, 0.1) is 5.69 Å². The molecule has 0 radical (unpaired) electrons. The van der Waals surface area contributed by atoms with Crippen LogP contribution in [0.15, 0.2) is 47.4 Å². The summed E-state index contributed by atoms with van der Waals surface area (Å²) in [7, 11) is -2.03. The number of sulfonamides is 1. The number of carbonyl (C=O) groups excluding carboxylic acids is 1.